The molecule has 0 bridgehead atoms. The van der Waals surface area contributed by atoms with Gasteiger partial charge in [-0.2, -0.15) is 0 Å². The number of rotatable bonds is 4. The van der Waals surface area contributed by atoms with E-state index >= 15 is 0 Å². The van der Waals surface area contributed by atoms with Gasteiger partial charge in [-0.3, -0.25) is 0 Å². The van der Waals surface area contributed by atoms with E-state index in [1.54, 1.807) is 18.7 Å². The Kier molecular flexibility index (Phi) is 3.46. The third-order valence-electron chi connectivity index (χ3n) is 3.11. The number of hydrogen-bond donors (Lipinski definition) is 1. The minimum absolute atomic E-state index is 0.632. The highest BCUT2D eigenvalue weighted by molar-refractivity contribution is 5.55. The topological polar surface area (TPSA) is 51.0 Å². The van der Waals surface area contributed by atoms with Crippen LogP contribution in [0.3, 0.4) is 0 Å². The summed E-state index contributed by atoms with van der Waals surface area (Å²) in [5.41, 5.74) is 3.03. The summed E-state index contributed by atoms with van der Waals surface area (Å²) in [6.45, 7) is 2.66. The molecule has 0 spiro atoms. The van der Waals surface area contributed by atoms with Gasteiger partial charge in [0.05, 0.1) is 30.9 Å². The van der Waals surface area contributed by atoms with Crippen LogP contribution in [0.1, 0.15) is 11.3 Å². The highest BCUT2D eigenvalue weighted by Gasteiger charge is 2.03. The smallest absolute Gasteiger partial charge is 0.159 e. The Morgan fingerprint density at radius 1 is 1.05 bits per heavy atom. The van der Waals surface area contributed by atoms with Crippen molar-refractivity contribution < 1.29 is 4.42 Å². The van der Waals surface area contributed by atoms with Crippen LogP contribution in [0, 0.1) is 6.92 Å². The molecule has 4 nitrogen and oxygen atoms in total. The molecule has 0 aliphatic heterocycles. The Morgan fingerprint density at radius 3 is 2.45 bits per heavy atom. The number of hydrogen-bond acceptors (Lipinski definition) is 4. The molecular formula is C16H15N3O. The molecule has 3 aromatic rings. The first kappa shape index (κ1) is 12.4. The van der Waals surface area contributed by atoms with E-state index in [4.69, 9.17) is 4.42 Å². The van der Waals surface area contributed by atoms with Gasteiger partial charge < -0.3 is 9.73 Å². The van der Waals surface area contributed by atoms with Crippen molar-refractivity contribution in [3.8, 4) is 11.4 Å². The van der Waals surface area contributed by atoms with Crippen LogP contribution >= 0.6 is 0 Å². The molecule has 0 radical (unpaired) electrons. The fraction of sp³-hybridized carbons (Fsp3) is 0.125. The number of anilines is 1. The molecule has 1 N–H and O–H groups in total. The summed E-state index contributed by atoms with van der Waals surface area (Å²) in [5, 5.41) is 3.25. The normalized spacial score (nSPS) is 10.4. The summed E-state index contributed by atoms with van der Waals surface area (Å²) in [7, 11) is 0. The summed E-state index contributed by atoms with van der Waals surface area (Å²) in [6, 6.07) is 11.9. The lowest BCUT2D eigenvalue weighted by atomic mass is 10.2. The first-order valence-electron chi connectivity index (χ1n) is 6.47. The number of aromatic nitrogens is 2. The molecule has 0 atom stereocenters. The minimum Gasteiger partial charge on any atom is -0.467 e. The highest BCUT2D eigenvalue weighted by atomic mass is 16.3. The number of nitrogens with one attached hydrogen (secondary N) is 1. The summed E-state index contributed by atoms with van der Waals surface area (Å²) < 4.78 is 5.38. The molecular weight excluding hydrogens is 250 g/mol. The highest BCUT2D eigenvalue weighted by Crippen LogP contribution is 2.16. The lowest BCUT2D eigenvalue weighted by Crippen LogP contribution is -2.01. The van der Waals surface area contributed by atoms with Crippen LogP contribution in [0.15, 0.2) is 59.5 Å². The van der Waals surface area contributed by atoms with E-state index in [0.29, 0.717) is 6.54 Å². The Balaban J connectivity index is 1.69. The van der Waals surface area contributed by atoms with Crippen LogP contribution in [0.2, 0.25) is 0 Å². The molecule has 4 heteroatoms. The molecule has 0 aliphatic carbocycles. The van der Waals surface area contributed by atoms with E-state index in [1.807, 2.05) is 43.3 Å². The van der Waals surface area contributed by atoms with Crippen LogP contribution in [0.4, 0.5) is 5.69 Å². The van der Waals surface area contributed by atoms with Crippen LogP contribution in [0.25, 0.3) is 11.4 Å². The van der Waals surface area contributed by atoms with Gasteiger partial charge in [0.2, 0.25) is 0 Å². The van der Waals surface area contributed by atoms with E-state index in [2.05, 4.69) is 15.3 Å². The molecule has 0 aliphatic rings. The van der Waals surface area contributed by atoms with Crippen molar-refractivity contribution in [3.63, 3.8) is 0 Å². The third-order valence-corrected chi connectivity index (χ3v) is 3.11. The molecule has 0 fully saturated rings. The van der Waals surface area contributed by atoms with Crippen LogP contribution in [-0.4, -0.2) is 9.97 Å². The number of aryl methyl sites for hydroxylation is 1. The summed E-state index contributed by atoms with van der Waals surface area (Å²) in [6.07, 6.45) is 5.27. The van der Waals surface area contributed by atoms with Gasteiger partial charge in [0.25, 0.3) is 0 Å². The molecule has 2 aromatic heterocycles. The SMILES string of the molecule is Cc1ccoc1CNc1cnc(-c2ccccc2)nc1. The van der Waals surface area contributed by atoms with Gasteiger partial charge in [-0.05, 0) is 18.6 Å². The molecule has 3 rings (SSSR count). The second-order valence-electron chi connectivity index (χ2n) is 4.54. The molecule has 0 unspecified atom stereocenters. The lowest BCUT2D eigenvalue weighted by molar-refractivity contribution is 0.515. The first-order valence-corrected chi connectivity index (χ1v) is 6.47. The second-order valence-corrected chi connectivity index (χ2v) is 4.54. The Labute approximate surface area is 117 Å². The number of nitrogens with zero attached hydrogens (tertiary/aromatic N) is 2. The van der Waals surface area contributed by atoms with E-state index in [-0.39, 0.29) is 0 Å². The maximum atomic E-state index is 5.38. The summed E-state index contributed by atoms with van der Waals surface area (Å²) in [4.78, 5) is 8.73. The average Bonchev–Trinajstić information content (AvgIpc) is 2.92. The molecule has 100 valence electrons. The van der Waals surface area contributed by atoms with Gasteiger partial charge in [-0.15, -0.1) is 0 Å². The fourth-order valence-electron chi connectivity index (χ4n) is 1.92. The van der Waals surface area contributed by atoms with E-state index in [0.717, 1.165) is 28.4 Å². The first-order chi connectivity index (χ1) is 9.83. The van der Waals surface area contributed by atoms with Gasteiger partial charge in [-0.1, -0.05) is 30.3 Å². The zero-order valence-corrected chi connectivity index (χ0v) is 11.2. The van der Waals surface area contributed by atoms with Crippen molar-refractivity contribution in [2.75, 3.05) is 5.32 Å². The van der Waals surface area contributed by atoms with Gasteiger partial charge in [0, 0.05) is 5.56 Å². The molecule has 2 heterocycles. The van der Waals surface area contributed by atoms with Crippen molar-refractivity contribution in [2.45, 2.75) is 13.5 Å². The predicted octanol–water partition coefficient (Wildman–Crippen LogP) is 3.66. The van der Waals surface area contributed by atoms with Crippen LogP contribution in [0.5, 0.6) is 0 Å². The second kappa shape index (κ2) is 5.57. The van der Waals surface area contributed by atoms with Gasteiger partial charge >= 0.3 is 0 Å². The van der Waals surface area contributed by atoms with Crippen LogP contribution in [-0.2, 0) is 6.54 Å². The third kappa shape index (κ3) is 2.69. The lowest BCUT2D eigenvalue weighted by Gasteiger charge is -2.05. The number of furan rings is 1. The van der Waals surface area contributed by atoms with E-state index < -0.39 is 0 Å². The number of benzene rings is 1. The van der Waals surface area contributed by atoms with Crippen molar-refractivity contribution in [1.29, 1.82) is 0 Å². The van der Waals surface area contributed by atoms with Gasteiger partial charge in [-0.25, -0.2) is 9.97 Å². The molecule has 1 aromatic carbocycles. The predicted molar refractivity (Wildman–Crippen MR) is 78.2 cm³/mol. The molecule has 20 heavy (non-hydrogen) atoms. The van der Waals surface area contributed by atoms with Gasteiger partial charge in [0.15, 0.2) is 5.82 Å². The summed E-state index contributed by atoms with van der Waals surface area (Å²) >= 11 is 0. The zero-order valence-electron chi connectivity index (χ0n) is 11.2. The van der Waals surface area contributed by atoms with Crippen LogP contribution < -0.4 is 5.32 Å². The quantitative estimate of drug-likeness (QED) is 0.782. The maximum Gasteiger partial charge on any atom is 0.159 e. The van der Waals surface area contributed by atoms with Crippen molar-refractivity contribution in [2.24, 2.45) is 0 Å². The van der Waals surface area contributed by atoms with Crippen molar-refractivity contribution >= 4 is 5.69 Å². The van der Waals surface area contributed by atoms with Crippen molar-refractivity contribution in [3.05, 3.63) is 66.4 Å². The maximum absolute atomic E-state index is 5.38. The molecule has 0 amide bonds. The summed E-state index contributed by atoms with van der Waals surface area (Å²) in [5.74, 6) is 1.66. The Morgan fingerprint density at radius 2 is 1.80 bits per heavy atom. The monoisotopic (exact) mass is 265 g/mol. The molecule has 0 saturated carbocycles. The zero-order chi connectivity index (χ0) is 13.8. The van der Waals surface area contributed by atoms with E-state index in [1.165, 1.54) is 0 Å². The van der Waals surface area contributed by atoms with E-state index in [9.17, 15) is 0 Å². The largest absolute Gasteiger partial charge is 0.467 e. The molecule has 0 saturated heterocycles. The average molecular weight is 265 g/mol. The fourth-order valence-corrected chi connectivity index (χ4v) is 1.92. The van der Waals surface area contributed by atoms with Crippen molar-refractivity contribution in [1.82, 2.24) is 9.97 Å². The Hall–Kier alpha value is -2.62. The Bertz CT molecular complexity index is 674. The minimum atomic E-state index is 0.632. The van der Waals surface area contributed by atoms with Gasteiger partial charge in [0.1, 0.15) is 5.76 Å². The standard InChI is InChI=1S/C16H15N3O/c1-12-7-8-20-15(12)11-17-14-9-18-16(19-10-14)13-5-3-2-4-6-13/h2-10,17H,11H2,1H3.